The van der Waals surface area contributed by atoms with Gasteiger partial charge in [-0.15, -0.1) is 0 Å². The number of hydrogen-bond acceptors (Lipinski definition) is 0. The van der Waals surface area contributed by atoms with Crippen molar-refractivity contribution in [3.8, 4) is 0 Å². The van der Waals surface area contributed by atoms with Crippen molar-refractivity contribution < 1.29 is 0 Å². The lowest BCUT2D eigenvalue weighted by Gasteiger charge is -2.20. The van der Waals surface area contributed by atoms with Crippen molar-refractivity contribution in [1.82, 2.24) is 0 Å². The van der Waals surface area contributed by atoms with E-state index in [9.17, 15) is 0 Å². The van der Waals surface area contributed by atoms with Crippen molar-refractivity contribution in [1.29, 1.82) is 0 Å². The molecule has 17 heavy (non-hydrogen) atoms. The Morgan fingerprint density at radius 1 is 0.588 bits per heavy atom. The van der Waals surface area contributed by atoms with Gasteiger partial charge in [-0.25, -0.2) is 0 Å². The van der Waals surface area contributed by atoms with Gasteiger partial charge < -0.3 is 0 Å². The van der Waals surface area contributed by atoms with E-state index in [1.807, 2.05) is 0 Å². The first-order valence-electron chi connectivity index (χ1n) is 7.95. The van der Waals surface area contributed by atoms with Gasteiger partial charge in [-0.1, -0.05) is 86.5 Å². The van der Waals surface area contributed by atoms with Crippen LogP contribution in [0.2, 0.25) is 0 Å². The zero-order chi connectivity index (χ0) is 13.3. The lowest BCUT2D eigenvalue weighted by Crippen LogP contribution is -2.07. The van der Waals surface area contributed by atoms with Crippen molar-refractivity contribution in [2.24, 2.45) is 23.7 Å². The first kappa shape index (κ1) is 17.0. The summed E-state index contributed by atoms with van der Waals surface area (Å²) in [6.07, 6.45) is 10.0. The highest BCUT2D eigenvalue weighted by molar-refractivity contribution is 4.64. The molecule has 0 fully saturated rings. The molecule has 0 aromatic rings. The van der Waals surface area contributed by atoms with Gasteiger partial charge in [-0.05, 0) is 23.7 Å². The van der Waals surface area contributed by atoms with Crippen LogP contribution < -0.4 is 0 Å². The van der Waals surface area contributed by atoms with E-state index >= 15 is 0 Å². The van der Waals surface area contributed by atoms with Gasteiger partial charge >= 0.3 is 0 Å². The van der Waals surface area contributed by atoms with Crippen LogP contribution in [0.4, 0.5) is 0 Å². The van der Waals surface area contributed by atoms with E-state index in [-0.39, 0.29) is 0 Å². The van der Waals surface area contributed by atoms with E-state index < -0.39 is 0 Å². The summed E-state index contributed by atoms with van der Waals surface area (Å²) in [5.74, 6) is 3.67. The Balaban J connectivity index is 3.92. The summed E-state index contributed by atoms with van der Waals surface area (Å²) in [6.45, 7) is 14.1. The van der Waals surface area contributed by atoms with Gasteiger partial charge in [0, 0.05) is 0 Å². The molecule has 0 nitrogen and oxygen atoms in total. The normalized spacial score (nSPS) is 13.9. The molecule has 0 heteroatoms. The van der Waals surface area contributed by atoms with Gasteiger partial charge in [0.2, 0.25) is 0 Å². The Morgan fingerprint density at radius 3 is 1.35 bits per heavy atom. The van der Waals surface area contributed by atoms with E-state index in [0.717, 1.165) is 23.7 Å². The van der Waals surface area contributed by atoms with Crippen molar-refractivity contribution in [2.45, 2.75) is 86.5 Å². The van der Waals surface area contributed by atoms with E-state index in [1.165, 1.54) is 44.9 Å². The Hall–Kier alpha value is 0. The number of hydrogen-bond donors (Lipinski definition) is 0. The molecule has 0 heterocycles. The summed E-state index contributed by atoms with van der Waals surface area (Å²) in [4.78, 5) is 0. The average molecular weight is 240 g/mol. The molecule has 0 radical (unpaired) electrons. The van der Waals surface area contributed by atoms with Crippen molar-refractivity contribution in [3.63, 3.8) is 0 Å². The molecule has 104 valence electrons. The molecular formula is C17H36. The molecule has 0 amide bonds. The van der Waals surface area contributed by atoms with Crippen molar-refractivity contribution in [3.05, 3.63) is 0 Å². The minimum Gasteiger partial charge on any atom is -0.0651 e. The molecule has 1 atom stereocenters. The lowest BCUT2D eigenvalue weighted by atomic mass is 9.86. The first-order chi connectivity index (χ1) is 7.95. The topological polar surface area (TPSA) is 0 Å². The predicted molar refractivity (Wildman–Crippen MR) is 80.3 cm³/mol. The quantitative estimate of drug-likeness (QED) is 0.420. The Kier molecular flexibility index (Phi) is 9.97. The molecule has 0 saturated carbocycles. The lowest BCUT2D eigenvalue weighted by molar-refractivity contribution is 0.322. The maximum Gasteiger partial charge on any atom is -0.0414 e. The van der Waals surface area contributed by atoms with Gasteiger partial charge in [0.25, 0.3) is 0 Å². The first-order valence-corrected chi connectivity index (χ1v) is 7.95. The number of rotatable bonds is 10. The molecule has 0 aromatic carbocycles. The molecule has 0 N–H and O–H groups in total. The smallest absolute Gasteiger partial charge is 0.0414 e. The van der Waals surface area contributed by atoms with E-state index in [2.05, 4.69) is 41.5 Å². The molecule has 1 unspecified atom stereocenters. The van der Waals surface area contributed by atoms with Gasteiger partial charge in [0.1, 0.15) is 0 Å². The molecule has 0 aliphatic heterocycles. The summed E-state index contributed by atoms with van der Waals surface area (Å²) in [5.41, 5.74) is 0. The fraction of sp³-hybridized carbons (Fsp3) is 1.00. The van der Waals surface area contributed by atoms with Crippen LogP contribution in [0.5, 0.6) is 0 Å². The van der Waals surface area contributed by atoms with Crippen LogP contribution in [0, 0.1) is 23.7 Å². The monoisotopic (exact) mass is 240 g/mol. The third-order valence-corrected chi connectivity index (χ3v) is 4.07. The highest BCUT2D eigenvalue weighted by Gasteiger charge is 2.12. The second-order valence-corrected chi connectivity index (χ2v) is 6.90. The molecule has 0 bridgehead atoms. The van der Waals surface area contributed by atoms with Gasteiger partial charge in [0.05, 0.1) is 0 Å². The summed E-state index contributed by atoms with van der Waals surface area (Å²) in [6, 6.07) is 0. The fourth-order valence-electron chi connectivity index (χ4n) is 2.30. The molecule has 0 rings (SSSR count). The molecule has 0 aromatic heterocycles. The zero-order valence-electron chi connectivity index (χ0n) is 13.3. The maximum atomic E-state index is 2.40. The van der Waals surface area contributed by atoms with E-state index in [1.54, 1.807) is 0 Å². The summed E-state index contributed by atoms with van der Waals surface area (Å²) in [7, 11) is 0. The van der Waals surface area contributed by atoms with Crippen molar-refractivity contribution in [2.75, 3.05) is 0 Å². The van der Waals surface area contributed by atoms with Crippen LogP contribution in [-0.2, 0) is 0 Å². The average Bonchev–Trinajstić information content (AvgIpc) is 2.26. The van der Waals surface area contributed by atoms with Crippen LogP contribution in [0.3, 0.4) is 0 Å². The standard InChI is InChI=1S/C17H36/c1-7-16(6)10-13-17(11-8-14(2)3)12-9-15(4)5/h14-17H,7-13H2,1-6H3. The van der Waals surface area contributed by atoms with Gasteiger partial charge in [0.15, 0.2) is 0 Å². The Morgan fingerprint density at radius 2 is 1.00 bits per heavy atom. The SMILES string of the molecule is CCC(C)CCC(CCC(C)C)CCC(C)C. The Labute approximate surface area is 111 Å². The third-order valence-electron chi connectivity index (χ3n) is 4.07. The summed E-state index contributed by atoms with van der Waals surface area (Å²) >= 11 is 0. The molecule has 0 aliphatic carbocycles. The molecule has 0 aliphatic rings. The highest BCUT2D eigenvalue weighted by Crippen LogP contribution is 2.26. The highest BCUT2D eigenvalue weighted by atomic mass is 14.2. The van der Waals surface area contributed by atoms with Gasteiger partial charge in [-0.3, -0.25) is 0 Å². The van der Waals surface area contributed by atoms with Crippen LogP contribution in [0.25, 0.3) is 0 Å². The Bertz CT molecular complexity index is 145. The van der Waals surface area contributed by atoms with Crippen LogP contribution in [0.15, 0.2) is 0 Å². The van der Waals surface area contributed by atoms with Crippen molar-refractivity contribution >= 4 is 0 Å². The second kappa shape index (κ2) is 9.97. The predicted octanol–water partition coefficient (Wildman–Crippen LogP) is 6.30. The zero-order valence-corrected chi connectivity index (χ0v) is 13.3. The van der Waals surface area contributed by atoms with Crippen LogP contribution in [-0.4, -0.2) is 0 Å². The minimum absolute atomic E-state index is 0.875. The summed E-state index contributed by atoms with van der Waals surface area (Å²) < 4.78 is 0. The summed E-state index contributed by atoms with van der Waals surface area (Å²) in [5, 5.41) is 0. The van der Waals surface area contributed by atoms with E-state index in [4.69, 9.17) is 0 Å². The molecule has 0 saturated heterocycles. The second-order valence-electron chi connectivity index (χ2n) is 6.90. The van der Waals surface area contributed by atoms with Gasteiger partial charge in [-0.2, -0.15) is 0 Å². The third kappa shape index (κ3) is 10.9. The largest absolute Gasteiger partial charge is 0.0651 e. The maximum absolute atomic E-state index is 2.40. The van der Waals surface area contributed by atoms with E-state index in [0.29, 0.717) is 0 Å². The van der Waals surface area contributed by atoms with Crippen LogP contribution >= 0.6 is 0 Å². The molecule has 0 spiro atoms. The van der Waals surface area contributed by atoms with Crippen LogP contribution in [0.1, 0.15) is 86.5 Å². The fourth-order valence-corrected chi connectivity index (χ4v) is 2.30. The minimum atomic E-state index is 0.875. The molecular weight excluding hydrogens is 204 g/mol.